The van der Waals surface area contributed by atoms with Crippen molar-refractivity contribution < 1.29 is 9.90 Å². The Morgan fingerprint density at radius 3 is 2.84 bits per heavy atom. The Morgan fingerprint density at radius 2 is 2.08 bits per heavy atom. The number of nitrogens with one attached hydrogen (secondary N) is 1. The molecule has 1 fully saturated rings. The summed E-state index contributed by atoms with van der Waals surface area (Å²) in [5, 5.41) is 12.4. The summed E-state index contributed by atoms with van der Waals surface area (Å²) in [5.41, 5.74) is 4.08. The number of carboxylic acid groups (broad SMARTS) is 1. The zero-order valence-corrected chi connectivity index (χ0v) is 15.8. The van der Waals surface area contributed by atoms with Crippen molar-refractivity contribution in [3.8, 4) is 0 Å². The summed E-state index contributed by atoms with van der Waals surface area (Å²) < 4.78 is 0. The van der Waals surface area contributed by atoms with E-state index < -0.39 is 5.97 Å². The molecule has 1 aromatic rings. The number of unbranched alkanes of at least 4 members (excludes halogenated alkanes) is 1. The molecule has 0 radical (unpaired) electrons. The molecule has 0 aliphatic heterocycles. The molecule has 3 heteroatoms. The molecule has 138 valence electrons. The van der Waals surface area contributed by atoms with Crippen LogP contribution in [0.1, 0.15) is 61.6 Å². The number of hydrogen-bond donors (Lipinski definition) is 2. The normalized spacial score (nSPS) is 20.9. The van der Waals surface area contributed by atoms with Crippen molar-refractivity contribution in [3.63, 3.8) is 0 Å². The quantitative estimate of drug-likeness (QED) is 0.489. The summed E-state index contributed by atoms with van der Waals surface area (Å²) in [4.78, 5) is 10.6. The van der Waals surface area contributed by atoms with Crippen LogP contribution >= 0.6 is 0 Å². The highest BCUT2D eigenvalue weighted by Gasteiger charge is 2.22. The Labute approximate surface area is 152 Å². The van der Waals surface area contributed by atoms with Crippen LogP contribution in [0.2, 0.25) is 0 Å². The van der Waals surface area contributed by atoms with Crippen LogP contribution < -0.4 is 5.32 Å². The van der Waals surface area contributed by atoms with E-state index >= 15 is 0 Å². The van der Waals surface area contributed by atoms with Crippen molar-refractivity contribution in [3.05, 3.63) is 47.0 Å². The number of carboxylic acids is 1. The van der Waals surface area contributed by atoms with E-state index in [-0.39, 0.29) is 6.42 Å². The zero-order chi connectivity index (χ0) is 18.1. The van der Waals surface area contributed by atoms with E-state index in [1.165, 1.54) is 42.4 Å². The van der Waals surface area contributed by atoms with Gasteiger partial charge in [0.1, 0.15) is 0 Å². The molecule has 1 aliphatic rings. The van der Waals surface area contributed by atoms with Gasteiger partial charge in [0.25, 0.3) is 0 Å². The molecule has 0 saturated heterocycles. The first kappa shape index (κ1) is 19.7. The molecule has 1 saturated carbocycles. The fraction of sp³-hybridized carbons (Fsp3) is 0.591. The minimum Gasteiger partial charge on any atom is -0.481 e. The Morgan fingerprint density at radius 1 is 1.28 bits per heavy atom. The van der Waals surface area contributed by atoms with Crippen molar-refractivity contribution in [2.75, 3.05) is 6.54 Å². The number of allylic oxidation sites excluding steroid dienone is 2. The van der Waals surface area contributed by atoms with Crippen LogP contribution in [-0.4, -0.2) is 17.6 Å². The average molecular weight is 344 g/mol. The number of aliphatic carboxylic acids is 1. The monoisotopic (exact) mass is 343 g/mol. The number of hydrogen-bond acceptors (Lipinski definition) is 2. The van der Waals surface area contributed by atoms with Gasteiger partial charge in [-0.2, -0.15) is 0 Å². The third-order valence-electron chi connectivity index (χ3n) is 5.33. The van der Waals surface area contributed by atoms with Crippen molar-refractivity contribution in [2.24, 2.45) is 11.8 Å². The molecule has 3 nitrogen and oxygen atoms in total. The summed E-state index contributed by atoms with van der Waals surface area (Å²) in [6, 6.07) is 6.67. The van der Waals surface area contributed by atoms with Crippen molar-refractivity contribution >= 4 is 5.97 Å². The minimum atomic E-state index is -0.695. The van der Waals surface area contributed by atoms with E-state index in [1.807, 2.05) is 0 Å². The first-order valence-corrected chi connectivity index (χ1v) is 9.71. The molecule has 0 heterocycles. The van der Waals surface area contributed by atoms with Gasteiger partial charge < -0.3 is 10.4 Å². The summed E-state index contributed by atoms with van der Waals surface area (Å²) in [5.74, 6) is 0.653. The number of rotatable bonds is 9. The van der Waals surface area contributed by atoms with Crippen molar-refractivity contribution in [1.29, 1.82) is 0 Å². The molecule has 25 heavy (non-hydrogen) atoms. The number of benzene rings is 1. The van der Waals surface area contributed by atoms with Gasteiger partial charge in [0, 0.05) is 13.0 Å². The summed E-state index contributed by atoms with van der Waals surface area (Å²) in [6.45, 7) is 6.34. The maximum absolute atomic E-state index is 10.6. The molecule has 0 bridgehead atoms. The predicted molar refractivity (Wildman–Crippen MR) is 104 cm³/mol. The highest BCUT2D eigenvalue weighted by Crippen LogP contribution is 2.31. The second-order valence-electron chi connectivity index (χ2n) is 7.48. The smallest absolute Gasteiger partial charge is 0.303 e. The average Bonchev–Trinajstić information content (AvgIpc) is 2.57. The topological polar surface area (TPSA) is 49.3 Å². The molecule has 0 unspecified atom stereocenters. The van der Waals surface area contributed by atoms with Crippen molar-refractivity contribution in [2.45, 2.75) is 65.3 Å². The molecule has 2 N–H and O–H groups in total. The maximum Gasteiger partial charge on any atom is 0.303 e. The van der Waals surface area contributed by atoms with E-state index in [4.69, 9.17) is 5.11 Å². The Kier molecular flexibility index (Phi) is 8.20. The van der Waals surface area contributed by atoms with Gasteiger partial charge in [-0.15, -0.1) is 0 Å². The third kappa shape index (κ3) is 7.03. The Hall–Kier alpha value is -1.61. The van der Waals surface area contributed by atoms with E-state index in [1.54, 1.807) is 0 Å². The van der Waals surface area contributed by atoms with Gasteiger partial charge in [-0.25, -0.2) is 0 Å². The van der Waals surface area contributed by atoms with Gasteiger partial charge >= 0.3 is 5.97 Å². The molecule has 2 rings (SSSR count). The summed E-state index contributed by atoms with van der Waals surface area (Å²) in [6.07, 6.45) is 11.7. The lowest BCUT2D eigenvalue weighted by atomic mass is 9.79. The van der Waals surface area contributed by atoms with Crippen molar-refractivity contribution in [1.82, 2.24) is 5.32 Å². The lowest BCUT2D eigenvalue weighted by Gasteiger charge is -2.30. The second-order valence-corrected chi connectivity index (χ2v) is 7.48. The molecule has 2 atom stereocenters. The second kappa shape index (κ2) is 10.4. The fourth-order valence-corrected chi connectivity index (χ4v) is 3.82. The highest BCUT2D eigenvalue weighted by molar-refractivity contribution is 5.66. The standard InChI is InChI=1S/C22H33NO2/c1-17-12-13-20(18(2)14-17)15-23-16-21-10-7-6-9-19(21)8-4-3-5-11-22(24)25/h4,8,12-14,19,21,23H,3,5-7,9-11,15-16H2,1-2H3,(H,24,25)/b8-4-/t19-,21+/m0/s1. The van der Waals surface area contributed by atoms with Crippen LogP contribution in [0.3, 0.4) is 0 Å². The summed E-state index contributed by atoms with van der Waals surface area (Å²) >= 11 is 0. The molecule has 1 aliphatic carbocycles. The Balaban J connectivity index is 1.77. The van der Waals surface area contributed by atoms with Gasteiger partial charge in [0.05, 0.1) is 0 Å². The first-order valence-electron chi connectivity index (χ1n) is 9.71. The SMILES string of the molecule is Cc1ccc(CNC[C@H]2CCCC[C@@H]2/C=C\CCCC(=O)O)c(C)c1. The largest absolute Gasteiger partial charge is 0.481 e. The Bertz CT molecular complexity index is 579. The zero-order valence-electron chi connectivity index (χ0n) is 15.8. The molecule has 1 aromatic carbocycles. The van der Waals surface area contributed by atoms with Crippen LogP contribution in [0.4, 0.5) is 0 Å². The molecule has 0 spiro atoms. The highest BCUT2D eigenvalue weighted by atomic mass is 16.4. The lowest BCUT2D eigenvalue weighted by molar-refractivity contribution is -0.137. The predicted octanol–water partition coefficient (Wildman–Crippen LogP) is 5.01. The van der Waals surface area contributed by atoms with Crippen LogP contribution in [-0.2, 0) is 11.3 Å². The first-order chi connectivity index (χ1) is 12.1. The van der Waals surface area contributed by atoms with E-state index in [9.17, 15) is 4.79 Å². The van der Waals surface area contributed by atoms with Crippen LogP contribution in [0, 0.1) is 25.7 Å². The van der Waals surface area contributed by atoms with Crippen LogP contribution in [0.15, 0.2) is 30.4 Å². The minimum absolute atomic E-state index is 0.274. The molecule has 0 aromatic heterocycles. The lowest BCUT2D eigenvalue weighted by Crippen LogP contribution is -2.29. The van der Waals surface area contributed by atoms with E-state index in [2.05, 4.69) is 49.5 Å². The van der Waals surface area contributed by atoms with E-state index in [0.717, 1.165) is 25.9 Å². The van der Waals surface area contributed by atoms with E-state index in [0.29, 0.717) is 11.8 Å². The number of aryl methyl sites for hydroxylation is 2. The molecule has 0 amide bonds. The third-order valence-corrected chi connectivity index (χ3v) is 5.33. The van der Waals surface area contributed by atoms with Crippen LogP contribution in [0.25, 0.3) is 0 Å². The number of carbonyl (C=O) groups is 1. The maximum atomic E-state index is 10.6. The van der Waals surface area contributed by atoms with Gasteiger partial charge in [-0.3, -0.25) is 4.79 Å². The summed E-state index contributed by atoms with van der Waals surface area (Å²) in [7, 11) is 0. The van der Waals surface area contributed by atoms with Crippen LogP contribution in [0.5, 0.6) is 0 Å². The molecular weight excluding hydrogens is 310 g/mol. The van der Waals surface area contributed by atoms with Gasteiger partial charge in [0.2, 0.25) is 0 Å². The van der Waals surface area contributed by atoms with Gasteiger partial charge in [0.15, 0.2) is 0 Å². The fourth-order valence-electron chi connectivity index (χ4n) is 3.82. The van der Waals surface area contributed by atoms with Gasteiger partial charge in [-0.1, -0.05) is 48.8 Å². The molecular formula is C22H33NO2. The van der Waals surface area contributed by atoms with Gasteiger partial charge in [-0.05, 0) is 69.0 Å².